The summed E-state index contributed by atoms with van der Waals surface area (Å²) in [5.41, 5.74) is 2.11. The van der Waals surface area contributed by atoms with Gasteiger partial charge in [-0.1, -0.05) is 25.1 Å². The van der Waals surface area contributed by atoms with Crippen molar-refractivity contribution < 1.29 is 22.7 Å². The molecule has 7 nitrogen and oxygen atoms in total. The molecule has 2 aromatic carbocycles. The Balaban J connectivity index is 1.66. The summed E-state index contributed by atoms with van der Waals surface area (Å²) < 4.78 is 30.3. The minimum Gasteiger partial charge on any atom is -0.482 e. The van der Waals surface area contributed by atoms with Gasteiger partial charge >= 0.3 is 0 Å². The maximum Gasteiger partial charge on any atom is 0.262 e. The van der Waals surface area contributed by atoms with Crippen molar-refractivity contribution in [2.24, 2.45) is 0 Å². The van der Waals surface area contributed by atoms with Crippen LogP contribution in [-0.4, -0.2) is 32.6 Å². The van der Waals surface area contributed by atoms with Crippen molar-refractivity contribution >= 4 is 33.0 Å². The van der Waals surface area contributed by atoms with Crippen LogP contribution in [0.5, 0.6) is 5.75 Å². The summed E-state index contributed by atoms with van der Waals surface area (Å²) in [5.74, 6) is -0.668. The van der Waals surface area contributed by atoms with Gasteiger partial charge in [0.2, 0.25) is 5.91 Å². The molecule has 0 fully saturated rings. The zero-order valence-corrected chi connectivity index (χ0v) is 15.6. The van der Waals surface area contributed by atoms with Crippen molar-refractivity contribution in [1.29, 1.82) is 0 Å². The van der Waals surface area contributed by atoms with Crippen molar-refractivity contribution in [3.05, 3.63) is 48.0 Å². The van der Waals surface area contributed by atoms with Gasteiger partial charge in [0, 0.05) is 18.2 Å². The zero-order valence-electron chi connectivity index (χ0n) is 14.8. The van der Waals surface area contributed by atoms with Gasteiger partial charge in [0.05, 0.1) is 16.3 Å². The second kappa shape index (κ2) is 7.79. The first-order valence-electron chi connectivity index (χ1n) is 8.56. The van der Waals surface area contributed by atoms with E-state index in [9.17, 15) is 18.0 Å². The van der Waals surface area contributed by atoms with Crippen LogP contribution in [0.2, 0.25) is 0 Å². The molecule has 0 radical (unpaired) electrons. The molecule has 2 amide bonds. The number of rotatable bonds is 6. The minimum absolute atomic E-state index is 0.0548. The van der Waals surface area contributed by atoms with Gasteiger partial charge in [-0.15, -0.1) is 0 Å². The van der Waals surface area contributed by atoms with Gasteiger partial charge in [0.1, 0.15) is 5.75 Å². The maximum absolute atomic E-state index is 12.5. The van der Waals surface area contributed by atoms with Crippen molar-refractivity contribution in [2.75, 3.05) is 23.0 Å². The number of hydrogen-bond acceptors (Lipinski definition) is 5. The van der Waals surface area contributed by atoms with Gasteiger partial charge in [-0.05, 0) is 30.2 Å². The van der Waals surface area contributed by atoms with Crippen LogP contribution in [0, 0.1) is 0 Å². The molecule has 1 aliphatic heterocycles. The molecule has 0 saturated heterocycles. The van der Waals surface area contributed by atoms with Crippen molar-refractivity contribution in [3.8, 4) is 5.75 Å². The molecule has 0 aliphatic carbocycles. The lowest BCUT2D eigenvalue weighted by atomic mass is 10.1. The third-order valence-corrected chi connectivity index (χ3v) is 5.93. The maximum atomic E-state index is 12.5. The van der Waals surface area contributed by atoms with E-state index in [0.717, 1.165) is 12.0 Å². The third-order valence-electron chi connectivity index (χ3n) is 4.22. The van der Waals surface area contributed by atoms with Crippen LogP contribution in [0.25, 0.3) is 0 Å². The lowest BCUT2D eigenvalue weighted by molar-refractivity contribution is -0.118. The fraction of sp³-hybridized carbons (Fsp3) is 0.263. The van der Waals surface area contributed by atoms with Gasteiger partial charge in [0.25, 0.3) is 5.91 Å². The van der Waals surface area contributed by atoms with Gasteiger partial charge in [-0.25, -0.2) is 8.42 Å². The van der Waals surface area contributed by atoms with E-state index in [1.54, 1.807) is 6.07 Å². The minimum atomic E-state index is -3.66. The Kier molecular flexibility index (Phi) is 5.46. The fourth-order valence-electron chi connectivity index (χ4n) is 2.76. The van der Waals surface area contributed by atoms with Crippen LogP contribution in [0.15, 0.2) is 47.4 Å². The molecule has 0 unspecified atom stereocenters. The van der Waals surface area contributed by atoms with Crippen molar-refractivity contribution in [2.45, 2.75) is 24.7 Å². The average Bonchev–Trinajstić information content (AvgIpc) is 2.66. The second-order valence-electron chi connectivity index (χ2n) is 6.12. The van der Waals surface area contributed by atoms with Crippen LogP contribution in [-0.2, 0) is 25.8 Å². The monoisotopic (exact) mass is 388 g/mol. The number of sulfone groups is 1. The Labute approximate surface area is 157 Å². The molecule has 8 heteroatoms. The molecule has 2 N–H and O–H groups in total. The lowest BCUT2D eigenvalue weighted by Gasteiger charge is -2.18. The molecular weight excluding hydrogens is 368 g/mol. The van der Waals surface area contributed by atoms with Crippen LogP contribution >= 0.6 is 0 Å². The van der Waals surface area contributed by atoms with E-state index in [2.05, 4.69) is 10.6 Å². The molecule has 0 atom stereocenters. The molecule has 0 bridgehead atoms. The number of nitrogens with one attached hydrogen (secondary N) is 2. The standard InChI is InChI=1S/C19H20N2O5S/c1-2-13-5-3-4-6-15(13)20-18(22)9-10-27(24,25)14-7-8-16-17(11-14)26-12-19(23)21-16/h3-8,11H,2,9-10,12H2,1H3,(H,20,22)(H,21,23). The molecule has 1 aliphatic rings. The topological polar surface area (TPSA) is 102 Å². The molecule has 1 heterocycles. The third kappa shape index (κ3) is 4.46. The summed E-state index contributed by atoms with van der Waals surface area (Å²) in [6, 6.07) is 11.7. The molecular formula is C19H20N2O5S. The second-order valence-corrected chi connectivity index (χ2v) is 8.23. The molecule has 0 aromatic heterocycles. The number of ether oxygens (including phenoxy) is 1. The normalized spacial score (nSPS) is 13.3. The number of amides is 2. The molecule has 0 saturated carbocycles. The summed E-state index contributed by atoms with van der Waals surface area (Å²) in [6.07, 6.45) is 0.607. The molecule has 2 aromatic rings. The Morgan fingerprint density at radius 1 is 1.22 bits per heavy atom. The van der Waals surface area contributed by atoms with Gasteiger partial charge in [-0.2, -0.15) is 0 Å². The predicted octanol–water partition coefficient (Wildman–Crippen LogP) is 2.38. The Morgan fingerprint density at radius 3 is 2.78 bits per heavy atom. The summed E-state index contributed by atoms with van der Waals surface area (Å²) in [6.45, 7) is 1.83. The highest BCUT2D eigenvalue weighted by Gasteiger charge is 2.22. The first kappa shape index (κ1) is 18.9. The van der Waals surface area contributed by atoms with Crippen molar-refractivity contribution in [3.63, 3.8) is 0 Å². The van der Waals surface area contributed by atoms with Gasteiger partial charge < -0.3 is 15.4 Å². The Bertz CT molecular complexity index is 985. The van der Waals surface area contributed by atoms with Gasteiger partial charge in [-0.3, -0.25) is 9.59 Å². The number of fused-ring (bicyclic) bond motifs is 1. The van der Waals surface area contributed by atoms with E-state index < -0.39 is 9.84 Å². The smallest absolute Gasteiger partial charge is 0.262 e. The molecule has 142 valence electrons. The molecule has 0 spiro atoms. The number of para-hydroxylation sites is 1. The van der Waals surface area contributed by atoms with Crippen LogP contribution in [0.3, 0.4) is 0 Å². The summed E-state index contributed by atoms with van der Waals surface area (Å²) in [5, 5.41) is 5.37. The summed E-state index contributed by atoms with van der Waals surface area (Å²) >= 11 is 0. The number of aryl methyl sites for hydroxylation is 1. The van der Waals surface area contributed by atoms with E-state index in [4.69, 9.17) is 4.74 Å². The average molecular weight is 388 g/mol. The number of anilines is 2. The Morgan fingerprint density at radius 2 is 2.00 bits per heavy atom. The van der Waals surface area contributed by atoms with E-state index >= 15 is 0 Å². The Hall–Kier alpha value is -2.87. The molecule has 3 rings (SSSR count). The summed E-state index contributed by atoms with van der Waals surface area (Å²) in [7, 11) is -3.66. The van der Waals surface area contributed by atoms with E-state index in [1.807, 2.05) is 25.1 Å². The van der Waals surface area contributed by atoms with E-state index in [1.165, 1.54) is 18.2 Å². The van der Waals surface area contributed by atoms with E-state index in [0.29, 0.717) is 17.1 Å². The predicted molar refractivity (Wildman–Crippen MR) is 102 cm³/mol. The number of carbonyl (C=O) groups is 2. The number of carbonyl (C=O) groups excluding carboxylic acids is 2. The largest absolute Gasteiger partial charge is 0.482 e. The lowest BCUT2D eigenvalue weighted by Crippen LogP contribution is -2.25. The van der Waals surface area contributed by atoms with Gasteiger partial charge in [0.15, 0.2) is 16.4 Å². The first-order valence-corrected chi connectivity index (χ1v) is 10.2. The highest BCUT2D eigenvalue weighted by molar-refractivity contribution is 7.91. The highest BCUT2D eigenvalue weighted by Crippen LogP contribution is 2.30. The summed E-state index contributed by atoms with van der Waals surface area (Å²) in [4.78, 5) is 23.5. The first-order chi connectivity index (χ1) is 12.9. The van der Waals surface area contributed by atoms with Crippen LogP contribution in [0.1, 0.15) is 18.9 Å². The SMILES string of the molecule is CCc1ccccc1NC(=O)CCS(=O)(=O)c1ccc2c(c1)OCC(=O)N2. The fourth-order valence-corrected chi connectivity index (χ4v) is 4.01. The van der Waals surface area contributed by atoms with Crippen molar-refractivity contribution in [1.82, 2.24) is 0 Å². The van der Waals surface area contributed by atoms with E-state index in [-0.39, 0.29) is 35.5 Å². The molecule has 27 heavy (non-hydrogen) atoms. The quantitative estimate of drug-likeness (QED) is 0.791. The number of hydrogen-bond donors (Lipinski definition) is 2. The number of benzene rings is 2. The van der Waals surface area contributed by atoms with Crippen LogP contribution < -0.4 is 15.4 Å². The highest BCUT2D eigenvalue weighted by atomic mass is 32.2. The van der Waals surface area contributed by atoms with Crippen LogP contribution in [0.4, 0.5) is 11.4 Å². The zero-order chi connectivity index (χ0) is 19.4.